The molecule has 8 heteroatoms. The number of thioether (sulfide) groups is 1. The van der Waals surface area contributed by atoms with Gasteiger partial charge in [0.25, 0.3) is 11.7 Å². The van der Waals surface area contributed by atoms with E-state index in [4.69, 9.17) is 16.0 Å². The lowest BCUT2D eigenvalue weighted by molar-refractivity contribution is 0.102. The molecule has 2 aromatic rings. The quantitative estimate of drug-likeness (QED) is 0.733. The van der Waals surface area contributed by atoms with E-state index in [1.807, 2.05) is 0 Å². The number of nitrogens with one attached hydrogen (secondary N) is 1. The summed E-state index contributed by atoms with van der Waals surface area (Å²) in [6, 6.07) is 6.03. The topological polar surface area (TPSA) is 42.2 Å². The number of amides is 1. The van der Waals surface area contributed by atoms with E-state index in [0.29, 0.717) is 4.67 Å². The third kappa shape index (κ3) is 3.74. The zero-order chi connectivity index (χ0) is 14.7. The molecule has 3 nitrogen and oxygen atoms in total. The molecule has 0 aliphatic rings. The van der Waals surface area contributed by atoms with Gasteiger partial charge in [-0.2, -0.15) is 8.78 Å². The number of hydrogen-bond acceptors (Lipinski definition) is 3. The van der Waals surface area contributed by atoms with Gasteiger partial charge in [-0.25, -0.2) is 0 Å². The molecule has 1 N–H and O–H groups in total. The number of halogens is 4. The normalized spacial score (nSPS) is 10.8. The minimum Gasteiger partial charge on any atom is -0.457 e. The number of hydrogen-bond donors (Lipinski definition) is 1. The number of furan rings is 1. The maximum atomic E-state index is 12.5. The molecular weight excluding hydrogens is 376 g/mol. The highest BCUT2D eigenvalue weighted by Crippen LogP contribution is 2.37. The third-order valence-corrected chi connectivity index (χ3v) is 3.95. The van der Waals surface area contributed by atoms with E-state index >= 15 is 0 Å². The summed E-state index contributed by atoms with van der Waals surface area (Å²) in [5.41, 5.74) is 0.495. The fourth-order valence-electron chi connectivity index (χ4n) is 1.44. The van der Waals surface area contributed by atoms with Crippen molar-refractivity contribution in [3.05, 3.63) is 45.8 Å². The smallest absolute Gasteiger partial charge is 0.289 e. The molecule has 2 rings (SSSR count). The maximum Gasteiger partial charge on any atom is 0.289 e. The molecule has 0 saturated carbocycles. The van der Waals surface area contributed by atoms with E-state index in [0.717, 1.165) is 0 Å². The van der Waals surface area contributed by atoms with Crippen LogP contribution in [-0.2, 0) is 0 Å². The average molecular weight is 383 g/mol. The van der Waals surface area contributed by atoms with Crippen molar-refractivity contribution >= 4 is 50.9 Å². The van der Waals surface area contributed by atoms with Crippen molar-refractivity contribution in [3.63, 3.8) is 0 Å². The molecule has 0 fully saturated rings. The Kier molecular flexibility index (Phi) is 5.06. The number of carbonyl (C=O) groups is 1. The van der Waals surface area contributed by atoms with Crippen molar-refractivity contribution in [2.75, 3.05) is 5.32 Å². The Morgan fingerprint density at radius 3 is 2.80 bits per heavy atom. The fraction of sp³-hybridized carbons (Fsp3) is 0.0833. The Balaban J connectivity index is 2.24. The molecule has 1 heterocycles. The molecule has 0 spiro atoms. The maximum absolute atomic E-state index is 12.5. The summed E-state index contributed by atoms with van der Waals surface area (Å²) in [5, 5.41) is 2.68. The number of rotatable bonds is 4. The van der Waals surface area contributed by atoms with Crippen LogP contribution in [0.3, 0.4) is 0 Å². The van der Waals surface area contributed by atoms with Crippen molar-refractivity contribution in [3.8, 4) is 0 Å². The molecule has 1 aromatic carbocycles. The van der Waals surface area contributed by atoms with Gasteiger partial charge in [-0.15, -0.1) is 0 Å². The van der Waals surface area contributed by atoms with Gasteiger partial charge in [0.2, 0.25) is 0 Å². The SMILES string of the molecule is O=C(Nc1cccc(Cl)c1SC(F)F)c1coc(Br)c1. The second-order valence-corrected chi connectivity index (χ2v) is 5.78. The van der Waals surface area contributed by atoms with Gasteiger partial charge in [0.05, 0.1) is 21.2 Å². The summed E-state index contributed by atoms with van der Waals surface area (Å²) in [5.74, 6) is -3.11. The van der Waals surface area contributed by atoms with Crippen LogP contribution in [0, 0.1) is 0 Å². The van der Waals surface area contributed by atoms with Crippen molar-refractivity contribution in [1.82, 2.24) is 0 Å². The minimum atomic E-state index is -2.63. The van der Waals surface area contributed by atoms with Crippen LogP contribution in [0.4, 0.5) is 14.5 Å². The van der Waals surface area contributed by atoms with Crippen molar-refractivity contribution in [1.29, 1.82) is 0 Å². The molecule has 106 valence electrons. The number of alkyl halides is 2. The first-order valence-corrected chi connectivity index (χ1v) is 7.31. The third-order valence-electron chi connectivity index (χ3n) is 2.25. The first-order chi connectivity index (χ1) is 9.47. The first kappa shape index (κ1) is 15.3. The van der Waals surface area contributed by atoms with E-state index in [9.17, 15) is 13.6 Å². The predicted molar refractivity (Wildman–Crippen MR) is 77.7 cm³/mol. The van der Waals surface area contributed by atoms with E-state index in [2.05, 4.69) is 21.2 Å². The molecule has 1 aromatic heterocycles. The Bertz CT molecular complexity index is 636. The molecule has 0 atom stereocenters. The predicted octanol–water partition coefficient (Wildman–Crippen LogP) is 5.26. The van der Waals surface area contributed by atoms with Gasteiger partial charge in [0.15, 0.2) is 4.67 Å². The summed E-state index contributed by atoms with van der Waals surface area (Å²) in [6.07, 6.45) is 1.25. The largest absolute Gasteiger partial charge is 0.457 e. The summed E-state index contributed by atoms with van der Waals surface area (Å²) in [4.78, 5) is 12.1. The van der Waals surface area contributed by atoms with E-state index < -0.39 is 11.7 Å². The summed E-state index contributed by atoms with van der Waals surface area (Å²) in [7, 11) is 0. The van der Waals surface area contributed by atoms with E-state index in [1.54, 1.807) is 6.07 Å². The van der Waals surface area contributed by atoms with Crippen LogP contribution < -0.4 is 5.32 Å². The highest BCUT2D eigenvalue weighted by molar-refractivity contribution is 9.10. The molecule has 1 amide bonds. The molecular formula is C12H7BrClF2NO2S. The average Bonchev–Trinajstić information content (AvgIpc) is 2.80. The minimum absolute atomic E-state index is 0.125. The van der Waals surface area contributed by atoms with Crippen molar-refractivity contribution < 1.29 is 18.0 Å². The lowest BCUT2D eigenvalue weighted by atomic mass is 10.2. The summed E-state index contributed by atoms with van der Waals surface area (Å²) < 4.78 is 30.4. The Labute approximate surface area is 130 Å². The zero-order valence-corrected chi connectivity index (χ0v) is 12.9. The molecule has 0 bridgehead atoms. The Morgan fingerprint density at radius 2 is 2.20 bits per heavy atom. The van der Waals surface area contributed by atoms with Crippen molar-refractivity contribution in [2.45, 2.75) is 10.7 Å². The van der Waals surface area contributed by atoms with Crippen LogP contribution in [-0.4, -0.2) is 11.7 Å². The molecule has 20 heavy (non-hydrogen) atoms. The van der Waals surface area contributed by atoms with Gasteiger partial charge in [-0.1, -0.05) is 29.4 Å². The Hall–Kier alpha value is -1.05. The molecule has 0 saturated heterocycles. The number of carbonyl (C=O) groups excluding carboxylic acids is 1. The molecule has 0 aliphatic heterocycles. The van der Waals surface area contributed by atoms with Crippen molar-refractivity contribution in [2.24, 2.45) is 0 Å². The lowest BCUT2D eigenvalue weighted by Gasteiger charge is -2.11. The molecule has 0 radical (unpaired) electrons. The van der Waals surface area contributed by atoms with Gasteiger partial charge >= 0.3 is 0 Å². The van der Waals surface area contributed by atoms with Gasteiger partial charge in [0.1, 0.15) is 6.26 Å². The number of benzene rings is 1. The van der Waals surface area contributed by atoms with Crippen LogP contribution in [0.2, 0.25) is 5.02 Å². The van der Waals surface area contributed by atoms with Crippen LogP contribution >= 0.6 is 39.3 Å². The summed E-state index contributed by atoms with van der Waals surface area (Å²) >= 11 is 9.23. The van der Waals surface area contributed by atoms with E-state index in [1.165, 1.54) is 24.5 Å². The number of anilines is 1. The van der Waals surface area contributed by atoms with E-state index in [-0.39, 0.29) is 32.9 Å². The monoisotopic (exact) mass is 381 g/mol. The second-order valence-electron chi connectivity index (χ2n) is 3.59. The van der Waals surface area contributed by atoms with Crippen LogP contribution in [0.15, 0.2) is 44.5 Å². The van der Waals surface area contributed by atoms with Gasteiger partial charge < -0.3 is 9.73 Å². The molecule has 0 unspecified atom stereocenters. The highest BCUT2D eigenvalue weighted by atomic mass is 79.9. The van der Waals surface area contributed by atoms with Gasteiger partial charge in [-0.3, -0.25) is 4.79 Å². The fourth-order valence-corrected chi connectivity index (χ4v) is 2.69. The standard InChI is InChI=1S/C12H7BrClF2NO2S/c13-9-4-6(5-19-9)11(18)17-8-3-1-2-7(14)10(8)20-12(15)16/h1-5,12H,(H,17,18). The van der Waals surface area contributed by atoms with Crippen LogP contribution in [0.1, 0.15) is 10.4 Å². The molecule has 0 aliphatic carbocycles. The summed E-state index contributed by atoms with van der Waals surface area (Å²) in [6.45, 7) is 0. The second kappa shape index (κ2) is 6.60. The van der Waals surface area contributed by atoms with Gasteiger partial charge in [-0.05, 0) is 28.1 Å². The first-order valence-electron chi connectivity index (χ1n) is 5.26. The lowest BCUT2D eigenvalue weighted by Crippen LogP contribution is -2.11. The Morgan fingerprint density at radius 1 is 1.45 bits per heavy atom. The zero-order valence-electron chi connectivity index (χ0n) is 9.70. The highest BCUT2D eigenvalue weighted by Gasteiger charge is 2.17. The van der Waals surface area contributed by atoms with Crippen LogP contribution in [0.5, 0.6) is 0 Å². The van der Waals surface area contributed by atoms with Crippen LogP contribution in [0.25, 0.3) is 0 Å². The van der Waals surface area contributed by atoms with Gasteiger partial charge in [0, 0.05) is 6.07 Å².